The van der Waals surface area contributed by atoms with Crippen molar-refractivity contribution in [2.75, 3.05) is 26.7 Å². The molecule has 0 radical (unpaired) electrons. The summed E-state index contributed by atoms with van der Waals surface area (Å²) in [6.45, 7) is 2.83. The van der Waals surface area contributed by atoms with Crippen LogP contribution in [0.5, 0.6) is 0 Å². The molecule has 0 spiro atoms. The van der Waals surface area contributed by atoms with Crippen LogP contribution < -0.4 is 22.1 Å². The minimum atomic E-state index is -0.724. The highest BCUT2D eigenvalue weighted by Crippen LogP contribution is 2.22. The smallest absolute Gasteiger partial charge is 0.242 e. The number of halogens is 1. The summed E-state index contributed by atoms with van der Waals surface area (Å²) in [5.41, 5.74) is 12.7. The minimum absolute atomic E-state index is 0.0161. The highest BCUT2D eigenvalue weighted by molar-refractivity contribution is 5.90. The Balaban J connectivity index is 1.58. The number of carbonyl (C=O) groups excluding carboxylic acids is 3. The van der Waals surface area contributed by atoms with Crippen molar-refractivity contribution in [2.24, 2.45) is 16.5 Å². The van der Waals surface area contributed by atoms with E-state index < -0.39 is 12.1 Å². The fraction of sp³-hybridized carbons (Fsp3) is 0.394. The van der Waals surface area contributed by atoms with Crippen molar-refractivity contribution in [2.45, 2.75) is 57.3 Å². The largest absolute Gasteiger partial charge is 0.370 e. The fourth-order valence-electron chi connectivity index (χ4n) is 5.69. The van der Waals surface area contributed by atoms with Crippen molar-refractivity contribution in [3.05, 3.63) is 83.7 Å². The Morgan fingerprint density at radius 3 is 2.48 bits per heavy atom. The number of benzene rings is 3. The number of amides is 3. The van der Waals surface area contributed by atoms with Gasteiger partial charge in [0.1, 0.15) is 11.9 Å². The zero-order valence-electron chi connectivity index (χ0n) is 25.3. The molecule has 3 aromatic rings. The van der Waals surface area contributed by atoms with Gasteiger partial charge in [0, 0.05) is 52.6 Å². The summed E-state index contributed by atoms with van der Waals surface area (Å²) in [5.74, 6) is -0.916. The summed E-state index contributed by atoms with van der Waals surface area (Å²) in [7, 11) is 1.58. The second kappa shape index (κ2) is 15.3. The predicted octanol–water partition coefficient (Wildman–Crippen LogP) is 2.30. The van der Waals surface area contributed by atoms with E-state index in [1.165, 1.54) is 19.1 Å². The van der Waals surface area contributed by atoms with Crippen molar-refractivity contribution >= 4 is 34.5 Å². The number of hydrogen-bond donors (Lipinski definition) is 4. The van der Waals surface area contributed by atoms with Crippen molar-refractivity contribution in [3.63, 3.8) is 0 Å². The van der Waals surface area contributed by atoms with E-state index in [1.54, 1.807) is 29.0 Å². The molecule has 0 unspecified atom stereocenters. The topological polar surface area (TPSA) is 146 Å². The number of nitrogens with zero attached hydrogens (tertiary/aromatic N) is 3. The number of nitrogens with two attached hydrogens (primary N) is 2. The predicted molar refractivity (Wildman–Crippen MR) is 170 cm³/mol. The van der Waals surface area contributed by atoms with Crippen molar-refractivity contribution in [1.82, 2.24) is 20.4 Å². The number of carbonyl (C=O) groups is 3. The van der Waals surface area contributed by atoms with E-state index in [0.29, 0.717) is 51.9 Å². The van der Waals surface area contributed by atoms with Gasteiger partial charge in [-0.1, -0.05) is 54.6 Å². The molecule has 4 rings (SSSR count). The zero-order valence-corrected chi connectivity index (χ0v) is 25.3. The molecule has 6 N–H and O–H groups in total. The van der Waals surface area contributed by atoms with Gasteiger partial charge in [-0.05, 0) is 53.3 Å². The molecule has 0 saturated carbocycles. The Labute approximate surface area is 257 Å². The Morgan fingerprint density at radius 1 is 1.09 bits per heavy atom. The highest BCUT2D eigenvalue weighted by atomic mass is 19.1. The lowest BCUT2D eigenvalue weighted by atomic mass is 9.99. The molecule has 11 heteroatoms. The van der Waals surface area contributed by atoms with Gasteiger partial charge in [-0.2, -0.15) is 0 Å². The van der Waals surface area contributed by atoms with Gasteiger partial charge in [-0.3, -0.25) is 19.4 Å². The maximum absolute atomic E-state index is 14.1. The lowest BCUT2D eigenvalue weighted by Gasteiger charge is -2.31. The van der Waals surface area contributed by atoms with Crippen LogP contribution in [0, 0.1) is 5.82 Å². The van der Waals surface area contributed by atoms with Crippen molar-refractivity contribution < 1.29 is 18.8 Å². The van der Waals surface area contributed by atoms with E-state index in [0.717, 1.165) is 21.9 Å². The molecule has 44 heavy (non-hydrogen) atoms. The molecule has 10 nitrogen and oxygen atoms in total. The summed E-state index contributed by atoms with van der Waals surface area (Å²) in [4.78, 5) is 47.5. The molecule has 1 aliphatic heterocycles. The van der Waals surface area contributed by atoms with Gasteiger partial charge < -0.3 is 31.9 Å². The molecule has 234 valence electrons. The molecule has 1 aliphatic rings. The minimum Gasteiger partial charge on any atom is -0.370 e. The maximum atomic E-state index is 14.1. The van der Waals surface area contributed by atoms with Gasteiger partial charge >= 0.3 is 0 Å². The highest BCUT2D eigenvalue weighted by Gasteiger charge is 2.37. The van der Waals surface area contributed by atoms with Gasteiger partial charge in [-0.25, -0.2) is 4.39 Å². The van der Waals surface area contributed by atoms with E-state index >= 15 is 0 Å². The monoisotopic (exact) mass is 603 g/mol. The first-order valence-electron chi connectivity index (χ1n) is 15.0. The van der Waals surface area contributed by atoms with Crippen molar-refractivity contribution in [3.8, 4) is 0 Å². The second-order valence-corrected chi connectivity index (χ2v) is 11.2. The molecular formula is C33H42FN7O3. The Hall–Kier alpha value is -4.51. The van der Waals surface area contributed by atoms with Gasteiger partial charge in [0.2, 0.25) is 17.7 Å². The van der Waals surface area contributed by atoms with Gasteiger partial charge in [0.05, 0.1) is 6.04 Å². The summed E-state index contributed by atoms with van der Waals surface area (Å²) in [5, 5.41) is 8.39. The lowest BCUT2D eigenvalue weighted by Crippen LogP contribution is -2.54. The normalized spacial score (nSPS) is 17.5. The molecule has 0 aliphatic carbocycles. The van der Waals surface area contributed by atoms with Gasteiger partial charge in [0.25, 0.3) is 0 Å². The maximum Gasteiger partial charge on any atom is 0.242 e. The van der Waals surface area contributed by atoms with Crippen LogP contribution >= 0.6 is 0 Å². The molecule has 3 amide bonds. The first-order chi connectivity index (χ1) is 21.1. The van der Waals surface area contributed by atoms with Crippen LogP contribution in [0.1, 0.15) is 37.3 Å². The summed E-state index contributed by atoms with van der Waals surface area (Å²) >= 11 is 0. The Bertz CT molecular complexity index is 1480. The zero-order chi connectivity index (χ0) is 31.6. The molecule has 3 atom stereocenters. The Kier molecular flexibility index (Phi) is 11.3. The van der Waals surface area contributed by atoms with Crippen molar-refractivity contribution in [1.29, 1.82) is 0 Å². The number of nitrogens with one attached hydrogen (secondary N) is 2. The SMILES string of the molecule is CNC(=O)[C@H](Cc1ccc2ccccc2c1)N1CC[C@H](CN(Cc2ccc(F)cc2)C(C)=O)N[C@@H](CCCN=C(N)N)C1=O. The number of hydrogen-bond acceptors (Lipinski definition) is 5. The van der Waals surface area contributed by atoms with E-state index in [-0.39, 0.29) is 35.5 Å². The number of aliphatic imine (C=N–C) groups is 1. The Morgan fingerprint density at radius 2 is 1.80 bits per heavy atom. The lowest BCUT2D eigenvalue weighted by molar-refractivity contribution is -0.141. The van der Waals surface area contributed by atoms with Crippen LogP contribution in [0.4, 0.5) is 4.39 Å². The van der Waals surface area contributed by atoms with Crippen LogP contribution in [0.2, 0.25) is 0 Å². The van der Waals surface area contributed by atoms with E-state index in [9.17, 15) is 18.8 Å². The second-order valence-electron chi connectivity index (χ2n) is 11.2. The third-order valence-electron chi connectivity index (χ3n) is 8.02. The van der Waals surface area contributed by atoms with Crippen LogP contribution in [0.25, 0.3) is 10.8 Å². The molecule has 0 aromatic heterocycles. The number of rotatable bonds is 12. The first-order valence-corrected chi connectivity index (χ1v) is 15.0. The molecule has 1 saturated heterocycles. The number of fused-ring (bicyclic) bond motifs is 1. The number of likely N-dealkylation sites (N-methyl/N-ethyl adjacent to an activating group) is 1. The fourth-order valence-corrected chi connectivity index (χ4v) is 5.69. The van der Waals surface area contributed by atoms with Gasteiger partial charge in [-0.15, -0.1) is 0 Å². The third-order valence-corrected chi connectivity index (χ3v) is 8.02. The average molecular weight is 604 g/mol. The average Bonchev–Trinajstić information content (AvgIpc) is 3.16. The molecular weight excluding hydrogens is 561 g/mol. The molecule has 3 aromatic carbocycles. The molecule has 0 bridgehead atoms. The summed E-state index contributed by atoms with van der Waals surface area (Å²) in [6.07, 6.45) is 1.86. The van der Waals surface area contributed by atoms with Crippen LogP contribution in [0.3, 0.4) is 0 Å². The standard InChI is InChI=1S/C33H42FN7O3/c1-22(42)40(20-23-10-13-27(34)14-11-23)21-28-15-17-41(32(44)29(39-28)8-5-16-38-33(35)36)30(31(43)37-2)19-24-9-12-25-6-3-4-7-26(25)18-24/h3-4,6-7,9-14,18,28-30,39H,5,8,15-17,19-21H2,1-2H3,(H,37,43)(H4,35,36,38)/t28-,29+,30+/m1/s1. The van der Waals surface area contributed by atoms with Gasteiger partial charge in [0.15, 0.2) is 5.96 Å². The van der Waals surface area contributed by atoms with E-state index in [4.69, 9.17) is 11.5 Å². The molecule has 1 heterocycles. The quantitative estimate of drug-likeness (QED) is 0.142. The van der Waals surface area contributed by atoms with Crippen LogP contribution in [-0.2, 0) is 27.3 Å². The number of guanidine groups is 1. The first kappa shape index (κ1) is 32.4. The molecule has 1 fully saturated rings. The van der Waals surface area contributed by atoms with Crippen LogP contribution in [-0.4, -0.2) is 78.3 Å². The summed E-state index contributed by atoms with van der Waals surface area (Å²) in [6, 6.07) is 18.6. The van der Waals surface area contributed by atoms with E-state index in [1.807, 2.05) is 36.4 Å². The third kappa shape index (κ3) is 8.76. The van der Waals surface area contributed by atoms with Crippen LogP contribution in [0.15, 0.2) is 71.7 Å². The summed E-state index contributed by atoms with van der Waals surface area (Å²) < 4.78 is 13.5. The van der Waals surface area contributed by atoms with E-state index in [2.05, 4.69) is 21.7 Å².